The molecule has 1 aromatic carbocycles. The lowest BCUT2D eigenvalue weighted by molar-refractivity contribution is -0.117. The number of benzene rings is 1. The highest BCUT2D eigenvalue weighted by atomic mass is 79.9. The van der Waals surface area contributed by atoms with Gasteiger partial charge in [-0.15, -0.1) is 0 Å². The van der Waals surface area contributed by atoms with Gasteiger partial charge in [0.25, 0.3) is 0 Å². The van der Waals surface area contributed by atoms with E-state index in [1.54, 1.807) is 0 Å². The predicted octanol–water partition coefficient (Wildman–Crippen LogP) is 2.74. The number of hydrogen-bond acceptors (Lipinski definition) is 1. The number of fused-ring (bicyclic) bond motifs is 2. The highest BCUT2D eigenvalue weighted by Gasteiger charge is 2.57. The summed E-state index contributed by atoms with van der Waals surface area (Å²) >= 11 is 3.53. The van der Waals surface area contributed by atoms with Crippen LogP contribution in [0.25, 0.3) is 0 Å². The van der Waals surface area contributed by atoms with Crippen LogP contribution in [0.1, 0.15) is 24.0 Å². The summed E-state index contributed by atoms with van der Waals surface area (Å²) in [5.41, 5.74) is 3.19. The Hall–Kier alpha value is -0.830. The Labute approximate surface area is 90.8 Å². The molecular weight excluding hydrogens is 242 g/mol. The van der Waals surface area contributed by atoms with Gasteiger partial charge in [0.1, 0.15) is 0 Å². The Kier molecular flexibility index (Phi) is 1.45. The van der Waals surface area contributed by atoms with Gasteiger partial charge in [-0.2, -0.15) is 0 Å². The number of hydrogen-bond donors (Lipinski definition) is 1. The number of carbonyl (C=O) groups excluding carboxylic acids is 1. The highest BCUT2D eigenvalue weighted by Crippen LogP contribution is 2.57. The van der Waals surface area contributed by atoms with Crippen molar-refractivity contribution >= 4 is 27.5 Å². The Bertz CT molecular complexity index is 449. The average Bonchev–Trinajstić information content (AvgIpc) is 2.86. The summed E-state index contributed by atoms with van der Waals surface area (Å²) in [6, 6.07) is 4.07. The van der Waals surface area contributed by atoms with E-state index in [0.29, 0.717) is 0 Å². The summed E-state index contributed by atoms with van der Waals surface area (Å²) in [7, 11) is 0. The number of carbonyl (C=O) groups is 1. The van der Waals surface area contributed by atoms with Crippen LogP contribution < -0.4 is 5.32 Å². The Morgan fingerprint density at radius 3 is 2.79 bits per heavy atom. The van der Waals surface area contributed by atoms with Crippen molar-refractivity contribution < 1.29 is 4.79 Å². The van der Waals surface area contributed by atoms with Gasteiger partial charge in [0.05, 0.1) is 5.41 Å². The summed E-state index contributed by atoms with van der Waals surface area (Å²) < 4.78 is 1.06. The van der Waals surface area contributed by atoms with E-state index < -0.39 is 0 Å². The van der Waals surface area contributed by atoms with Gasteiger partial charge in [0, 0.05) is 15.7 Å². The molecule has 2 aliphatic rings. The summed E-state index contributed by atoms with van der Waals surface area (Å²) in [6.07, 6.45) is 1.99. The number of halogens is 1. The number of aryl methyl sites for hydroxylation is 1. The first-order valence-electron chi connectivity index (χ1n) is 4.76. The minimum absolute atomic E-state index is 0.180. The molecule has 0 atom stereocenters. The van der Waals surface area contributed by atoms with Crippen molar-refractivity contribution in [3.05, 3.63) is 27.7 Å². The zero-order valence-electron chi connectivity index (χ0n) is 7.86. The minimum Gasteiger partial charge on any atom is -0.325 e. The Morgan fingerprint density at radius 1 is 1.43 bits per heavy atom. The fraction of sp³-hybridized carbons (Fsp3) is 0.364. The molecule has 1 aromatic rings. The molecule has 1 aliphatic carbocycles. The standard InChI is InChI=1S/C11H10BrNO/c1-6-2-3-7(12)8-9(6)13-10(14)11(8)4-5-11/h2-3H,4-5H2,1H3,(H,13,14). The van der Waals surface area contributed by atoms with Crippen molar-refractivity contribution in [2.75, 3.05) is 5.32 Å². The number of amides is 1. The van der Waals surface area contributed by atoms with Crippen LogP contribution in [0.5, 0.6) is 0 Å². The van der Waals surface area contributed by atoms with E-state index in [1.807, 2.05) is 19.1 Å². The quantitative estimate of drug-likeness (QED) is 0.755. The SMILES string of the molecule is Cc1ccc(Br)c2c1NC(=O)C21CC1. The zero-order chi connectivity index (χ0) is 9.92. The summed E-state index contributed by atoms with van der Waals surface area (Å²) in [5.74, 6) is 0.183. The van der Waals surface area contributed by atoms with E-state index in [1.165, 1.54) is 5.56 Å². The van der Waals surface area contributed by atoms with Gasteiger partial charge < -0.3 is 5.32 Å². The van der Waals surface area contributed by atoms with Gasteiger partial charge in [-0.1, -0.05) is 22.0 Å². The monoisotopic (exact) mass is 251 g/mol. The number of rotatable bonds is 0. The van der Waals surface area contributed by atoms with Crippen LogP contribution in [0.4, 0.5) is 5.69 Å². The second-order valence-corrected chi connectivity index (χ2v) is 5.00. The maximum absolute atomic E-state index is 11.8. The van der Waals surface area contributed by atoms with E-state index in [0.717, 1.165) is 28.6 Å². The third kappa shape index (κ3) is 0.836. The van der Waals surface area contributed by atoms with Crippen LogP contribution in [0.15, 0.2) is 16.6 Å². The molecule has 14 heavy (non-hydrogen) atoms. The maximum atomic E-state index is 11.8. The third-order valence-electron chi connectivity index (χ3n) is 3.26. The van der Waals surface area contributed by atoms with Crippen molar-refractivity contribution in [2.45, 2.75) is 25.2 Å². The van der Waals surface area contributed by atoms with Crippen molar-refractivity contribution in [1.82, 2.24) is 0 Å². The lowest BCUT2D eigenvalue weighted by Crippen LogP contribution is -2.18. The van der Waals surface area contributed by atoms with Crippen molar-refractivity contribution in [3.63, 3.8) is 0 Å². The van der Waals surface area contributed by atoms with Gasteiger partial charge in [0.2, 0.25) is 5.91 Å². The first-order chi connectivity index (χ1) is 6.65. The first kappa shape index (κ1) is 8.48. The lowest BCUT2D eigenvalue weighted by atomic mass is 9.96. The van der Waals surface area contributed by atoms with E-state index in [4.69, 9.17) is 0 Å². The van der Waals surface area contributed by atoms with Gasteiger partial charge in [-0.25, -0.2) is 0 Å². The normalized spacial score (nSPS) is 20.9. The molecule has 0 radical (unpaired) electrons. The smallest absolute Gasteiger partial charge is 0.235 e. The molecule has 3 rings (SSSR count). The third-order valence-corrected chi connectivity index (χ3v) is 3.93. The molecule has 1 spiro atoms. The second kappa shape index (κ2) is 2.40. The van der Waals surface area contributed by atoms with Gasteiger partial charge in [0.15, 0.2) is 0 Å². The van der Waals surface area contributed by atoms with Crippen LogP contribution in [0.3, 0.4) is 0 Å². The van der Waals surface area contributed by atoms with E-state index in [9.17, 15) is 4.79 Å². The van der Waals surface area contributed by atoms with Crippen LogP contribution in [-0.2, 0) is 10.2 Å². The number of nitrogens with one attached hydrogen (secondary N) is 1. The highest BCUT2D eigenvalue weighted by molar-refractivity contribution is 9.10. The fourth-order valence-electron chi connectivity index (χ4n) is 2.26. The zero-order valence-corrected chi connectivity index (χ0v) is 9.44. The van der Waals surface area contributed by atoms with Gasteiger partial charge in [-0.05, 0) is 31.4 Å². The van der Waals surface area contributed by atoms with Crippen molar-refractivity contribution in [1.29, 1.82) is 0 Å². The van der Waals surface area contributed by atoms with Crippen LogP contribution in [0, 0.1) is 6.92 Å². The van der Waals surface area contributed by atoms with Gasteiger partial charge >= 0.3 is 0 Å². The molecule has 0 unspecified atom stereocenters. The minimum atomic E-state index is -0.180. The van der Waals surface area contributed by atoms with Gasteiger partial charge in [-0.3, -0.25) is 4.79 Å². The van der Waals surface area contributed by atoms with E-state index in [-0.39, 0.29) is 11.3 Å². The Morgan fingerprint density at radius 2 is 2.14 bits per heavy atom. The molecule has 0 aromatic heterocycles. The van der Waals surface area contributed by atoms with Crippen molar-refractivity contribution in [2.24, 2.45) is 0 Å². The molecule has 2 nitrogen and oxygen atoms in total. The predicted molar refractivity (Wildman–Crippen MR) is 58.4 cm³/mol. The average molecular weight is 252 g/mol. The molecule has 1 amide bonds. The molecular formula is C11H10BrNO. The van der Waals surface area contributed by atoms with Crippen LogP contribution in [-0.4, -0.2) is 5.91 Å². The summed E-state index contributed by atoms with van der Waals surface area (Å²) in [6.45, 7) is 2.03. The summed E-state index contributed by atoms with van der Waals surface area (Å²) in [4.78, 5) is 11.8. The fourth-order valence-corrected chi connectivity index (χ4v) is 2.97. The largest absolute Gasteiger partial charge is 0.325 e. The molecule has 72 valence electrons. The first-order valence-corrected chi connectivity index (χ1v) is 5.55. The van der Waals surface area contributed by atoms with Crippen LogP contribution >= 0.6 is 15.9 Å². The summed E-state index contributed by atoms with van der Waals surface area (Å²) in [5, 5.41) is 2.99. The molecule has 1 fully saturated rings. The maximum Gasteiger partial charge on any atom is 0.235 e. The molecule has 3 heteroatoms. The molecule has 1 saturated carbocycles. The van der Waals surface area contributed by atoms with Crippen LogP contribution in [0.2, 0.25) is 0 Å². The Balaban J connectivity index is 2.32. The number of anilines is 1. The molecule has 0 saturated heterocycles. The molecule has 0 bridgehead atoms. The van der Waals surface area contributed by atoms with Crippen molar-refractivity contribution in [3.8, 4) is 0 Å². The van der Waals surface area contributed by atoms with E-state index in [2.05, 4.69) is 21.2 Å². The molecule has 1 heterocycles. The molecule has 1 aliphatic heterocycles. The topological polar surface area (TPSA) is 29.1 Å². The second-order valence-electron chi connectivity index (χ2n) is 4.15. The lowest BCUT2D eigenvalue weighted by Gasteiger charge is -2.08. The van der Waals surface area contributed by atoms with E-state index >= 15 is 0 Å². The molecule has 1 N–H and O–H groups in total.